The number of halogens is 3. The lowest BCUT2D eigenvalue weighted by Crippen LogP contribution is -2.26. The molecule has 3 N–H and O–H groups in total. The second kappa shape index (κ2) is 8.65. The fourth-order valence-corrected chi connectivity index (χ4v) is 2.29. The summed E-state index contributed by atoms with van der Waals surface area (Å²) in [5, 5.41) is 10.6. The van der Waals surface area contributed by atoms with Crippen molar-refractivity contribution in [2.24, 2.45) is 5.73 Å². The van der Waals surface area contributed by atoms with Crippen LogP contribution in [0.2, 0.25) is 0 Å². The highest BCUT2D eigenvalue weighted by atomic mass is 19.4. The maximum absolute atomic E-state index is 12.2. The Balaban J connectivity index is 2.12. The minimum absolute atomic E-state index is 0.132. The summed E-state index contributed by atoms with van der Waals surface area (Å²) in [6, 6.07) is 4.60. The number of aromatic nitrogens is 2. The molecule has 142 valence electrons. The Labute approximate surface area is 147 Å². The van der Waals surface area contributed by atoms with E-state index in [0.29, 0.717) is 18.5 Å². The number of carbonyl (C=O) groups is 1. The smallest absolute Gasteiger partial charge is 0.418 e. The van der Waals surface area contributed by atoms with Crippen molar-refractivity contribution < 1.29 is 27.1 Å². The predicted molar refractivity (Wildman–Crippen MR) is 85.9 cm³/mol. The van der Waals surface area contributed by atoms with Crippen molar-refractivity contribution in [2.45, 2.75) is 38.6 Å². The number of alkyl halides is 3. The van der Waals surface area contributed by atoms with Gasteiger partial charge in [-0.15, -0.1) is 23.4 Å². The number of benzene rings is 1. The van der Waals surface area contributed by atoms with Crippen LogP contribution in [0.15, 0.2) is 28.7 Å². The number of nitrogens with two attached hydrogens (primary N) is 1. The first-order valence-electron chi connectivity index (χ1n) is 7.95. The molecule has 1 amide bonds. The lowest BCUT2D eigenvalue weighted by atomic mass is 10.1. The van der Waals surface area contributed by atoms with Crippen LogP contribution in [0.3, 0.4) is 0 Å². The summed E-state index contributed by atoms with van der Waals surface area (Å²) in [6.07, 6.45) is -2.62. The highest BCUT2D eigenvalue weighted by molar-refractivity contribution is 5.73. The van der Waals surface area contributed by atoms with Crippen molar-refractivity contribution in [2.75, 3.05) is 6.54 Å². The monoisotopic (exact) mass is 372 g/mol. The molecule has 1 aromatic carbocycles. The molecule has 0 spiro atoms. The first-order chi connectivity index (χ1) is 12.3. The molecule has 0 bridgehead atoms. The third-order valence-corrected chi connectivity index (χ3v) is 3.40. The molecule has 0 aliphatic rings. The average molecular weight is 372 g/mol. The zero-order valence-corrected chi connectivity index (χ0v) is 14.0. The van der Waals surface area contributed by atoms with Gasteiger partial charge in [0.05, 0.1) is 0 Å². The third kappa shape index (κ3) is 6.03. The van der Waals surface area contributed by atoms with E-state index in [4.69, 9.17) is 10.2 Å². The van der Waals surface area contributed by atoms with Gasteiger partial charge in [-0.05, 0) is 50.1 Å². The van der Waals surface area contributed by atoms with Crippen LogP contribution < -0.4 is 15.8 Å². The molecule has 1 atom stereocenters. The van der Waals surface area contributed by atoms with E-state index in [1.807, 2.05) is 0 Å². The van der Waals surface area contributed by atoms with Crippen molar-refractivity contribution in [1.29, 1.82) is 0 Å². The first kappa shape index (κ1) is 19.7. The molecule has 26 heavy (non-hydrogen) atoms. The number of hydrogen-bond donors (Lipinski definition) is 2. The van der Waals surface area contributed by atoms with Crippen LogP contribution in [-0.2, 0) is 4.79 Å². The molecule has 1 heterocycles. The Morgan fingerprint density at radius 2 is 1.96 bits per heavy atom. The van der Waals surface area contributed by atoms with Gasteiger partial charge in [0, 0.05) is 12.5 Å². The van der Waals surface area contributed by atoms with E-state index in [1.165, 1.54) is 19.1 Å². The van der Waals surface area contributed by atoms with Crippen LogP contribution in [0.4, 0.5) is 13.2 Å². The van der Waals surface area contributed by atoms with Crippen LogP contribution in [-0.4, -0.2) is 29.0 Å². The lowest BCUT2D eigenvalue weighted by molar-refractivity contribution is -0.274. The molecule has 0 saturated carbocycles. The van der Waals surface area contributed by atoms with E-state index in [9.17, 15) is 18.0 Å². The summed E-state index contributed by atoms with van der Waals surface area (Å²) in [6.45, 7) is 1.92. The third-order valence-electron chi connectivity index (χ3n) is 3.40. The van der Waals surface area contributed by atoms with E-state index in [0.717, 1.165) is 25.0 Å². The molecule has 1 aromatic heterocycles. The number of rotatable bonds is 8. The zero-order chi connectivity index (χ0) is 19.2. The SMILES string of the molecule is CC(=O)N[C@@H](CCCCN)c1nnc(-c2ccc(OC(F)(F)F)cc2)o1. The van der Waals surface area contributed by atoms with Gasteiger partial charge in [-0.3, -0.25) is 4.79 Å². The number of amides is 1. The number of nitrogens with one attached hydrogen (secondary N) is 1. The topological polar surface area (TPSA) is 103 Å². The summed E-state index contributed by atoms with van der Waals surface area (Å²) in [5.74, 6) is -0.231. The predicted octanol–water partition coefficient (Wildman–Crippen LogP) is 2.94. The molecule has 2 aromatic rings. The summed E-state index contributed by atoms with van der Waals surface area (Å²) in [5.41, 5.74) is 5.90. The van der Waals surface area contributed by atoms with Gasteiger partial charge >= 0.3 is 6.36 Å². The molecule has 0 radical (unpaired) electrons. The van der Waals surface area contributed by atoms with Crippen molar-refractivity contribution in [3.8, 4) is 17.2 Å². The van der Waals surface area contributed by atoms with E-state index in [2.05, 4.69) is 20.3 Å². The number of unbranched alkanes of at least 4 members (excludes halogenated alkanes) is 1. The summed E-state index contributed by atoms with van der Waals surface area (Å²) in [4.78, 5) is 11.4. The quantitative estimate of drug-likeness (QED) is 0.691. The molecule has 0 unspecified atom stereocenters. The Hall–Kier alpha value is -2.62. The van der Waals surface area contributed by atoms with E-state index in [-0.39, 0.29) is 23.4 Å². The second-order valence-electron chi connectivity index (χ2n) is 5.56. The Morgan fingerprint density at radius 1 is 1.27 bits per heavy atom. The van der Waals surface area contributed by atoms with E-state index >= 15 is 0 Å². The highest BCUT2D eigenvalue weighted by Crippen LogP contribution is 2.27. The van der Waals surface area contributed by atoms with E-state index < -0.39 is 12.4 Å². The molecule has 0 saturated heterocycles. The number of hydrogen-bond acceptors (Lipinski definition) is 6. The van der Waals surface area contributed by atoms with Crippen molar-refractivity contribution in [3.05, 3.63) is 30.2 Å². The van der Waals surface area contributed by atoms with Gasteiger partial charge in [0.1, 0.15) is 11.8 Å². The summed E-state index contributed by atoms with van der Waals surface area (Å²) < 4.78 is 45.9. The molecular weight excluding hydrogens is 353 g/mol. The molecule has 0 aliphatic carbocycles. The standard InChI is InChI=1S/C16H19F3N4O3/c1-10(24)21-13(4-2-3-9-20)15-23-22-14(25-15)11-5-7-12(8-6-11)26-16(17,18)19/h5-8,13H,2-4,9,20H2,1H3,(H,21,24)/t13-/m0/s1. The average Bonchev–Trinajstić information content (AvgIpc) is 3.03. The van der Waals surface area contributed by atoms with Gasteiger partial charge in [0.25, 0.3) is 0 Å². The van der Waals surface area contributed by atoms with Crippen molar-refractivity contribution in [3.63, 3.8) is 0 Å². The van der Waals surface area contributed by atoms with E-state index in [1.54, 1.807) is 0 Å². The van der Waals surface area contributed by atoms with Crippen molar-refractivity contribution >= 4 is 5.91 Å². The zero-order valence-electron chi connectivity index (χ0n) is 14.0. The van der Waals surface area contributed by atoms with Gasteiger partial charge < -0.3 is 20.2 Å². The van der Waals surface area contributed by atoms with Crippen molar-refractivity contribution in [1.82, 2.24) is 15.5 Å². The lowest BCUT2D eigenvalue weighted by Gasteiger charge is -2.13. The molecular formula is C16H19F3N4O3. The number of nitrogens with zero attached hydrogens (tertiary/aromatic N) is 2. The van der Waals surface area contributed by atoms with Crippen LogP contribution in [0.25, 0.3) is 11.5 Å². The molecule has 0 aliphatic heterocycles. The van der Waals surface area contributed by atoms with Gasteiger partial charge in [-0.2, -0.15) is 0 Å². The second-order valence-corrected chi connectivity index (χ2v) is 5.56. The van der Waals surface area contributed by atoms with Gasteiger partial charge in [-0.1, -0.05) is 0 Å². The number of carbonyl (C=O) groups excluding carboxylic acids is 1. The maximum Gasteiger partial charge on any atom is 0.573 e. The van der Waals surface area contributed by atoms with Crippen LogP contribution in [0.5, 0.6) is 5.75 Å². The highest BCUT2D eigenvalue weighted by Gasteiger charge is 2.31. The van der Waals surface area contributed by atoms with Crippen LogP contribution in [0.1, 0.15) is 38.1 Å². The van der Waals surface area contributed by atoms with Crippen LogP contribution in [0, 0.1) is 0 Å². The largest absolute Gasteiger partial charge is 0.573 e. The van der Waals surface area contributed by atoms with Crippen LogP contribution >= 0.6 is 0 Å². The van der Waals surface area contributed by atoms with Gasteiger partial charge in [0.15, 0.2) is 0 Å². The Morgan fingerprint density at radius 3 is 2.54 bits per heavy atom. The maximum atomic E-state index is 12.2. The Bertz CT molecular complexity index is 716. The van der Waals surface area contributed by atoms with Gasteiger partial charge in [-0.25, -0.2) is 0 Å². The molecule has 7 nitrogen and oxygen atoms in total. The van der Waals surface area contributed by atoms with Gasteiger partial charge in [0.2, 0.25) is 17.7 Å². The minimum atomic E-state index is -4.76. The minimum Gasteiger partial charge on any atom is -0.418 e. The molecule has 0 fully saturated rings. The Kier molecular flexibility index (Phi) is 6.56. The fourth-order valence-electron chi connectivity index (χ4n) is 2.29. The number of ether oxygens (including phenoxy) is 1. The fraction of sp³-hybridized carbons (Fsp3) is 0.438. The first-order valence-corrected chi connectivity index (χ1v) is 7.95. The molecule has 10 heteroatoms. The molecule has 2 rings (SSSR count). The normalized spacial score (nSPS) is 12.7. The summed E-state index contributed by atoms with van der Waals surface area (Å²) >= 11 is 0. The summed E-state index contributed by atoms with van der Waals surface area (Å²) in [7, 11) is 0.